The summed E-state index contributed by atoms with van der Waals surface area (Å²) >= 11 is 0. The van der Waals surface area contributed by atoms with E-state index in [1.54, 1.807) is 6.26 Å². The maximum atomic E-state index is 12.0. The van der Waals surface area contributed by atoms with Crippen molar-refractivity contribution in [2.24, 2.45) is 0 Å². The van der Waals surface area contributed by atoms with Gasteiger partial charge in [-0.05, 0) is 19.1 Å². The Bertz CT molecular complexity index is 615. The minimum atomic E-state index is 0.0284. The average Bonchev–Trinajstić information content (AvgIpc) is 3.19. The highest BCUT2D eigenvalue weighted by Crippen LogP contribution is 2.09. The number of piperazine rings is 1. The first kappa shape index (κ1) is 15.8. The fourth-order valence-corrected chi connectivity index (χ4v) is 2.67. The summed E-state index contributed by atoms with van der Waals surface area (Å²) in [5.41, 5.74) is 0.909. The molecular formula is C16H22N4O3. The van der Waals surface area contributed by atoms with Crippen LogP contribution < -0.4 is 5.32 Å². The molecular weight excluding hydrogens is 296 g/mol. The highest BCUT2D eigenvalue weighted by atomic mass is 16.5. The van der Waals surface area contributed by atoms with Gasteiger partial charge in [-0.15, -0.1) is 0 Å². The highest BCUT2D eigenvalue weighted by molar-refractivity contribution is 5.77. The van der Waals surface area contributed by atoms with Gasteiger partial charge in [-0.1, -0.05) is 5.16 Å². The van der Waals surface area contributed by atoms with E-state index in [1.165, 1.54) is 0 Å². The van der Waals surface area contributed by atoms with E-state index in [4.69, 9.17) is 8.94 Å². The molecule has 2 aromatic rings. The first-order valence-electron chi connectivity index (χ1n) is 7.85. The molecule has 1 aliphatic rings. The number of carbonyl (C=O) groups excluding carboxylic acids is 1. The summed E-state index contributed by atoms with van der Waals surface area (Å²) in [7, 11) is 0. The van der Waals surface area contributed by atoms with E-state index in [0.29, 0.717) is 13.1 Å². The fourth-order valence-electron chi connectivity index (χ4n) is 2.67. The number of aromatic nitrogens is 1. The van der Waals surface area contributed by atoms with Crippen LogP contribution in [0, 0.1) is 6.92 Å². The van der Waals surface area contributed by atoms with Crippen LogP contribution in [-0.2, 0) is 17.9 Å². The Morgan fingerprint density at radius 2 is 2.04 bits per heavy atom. The summed E-state index contributed by atoms with van der Waals surface area (Å²) in [4.78, 5) is 16.4. The normalized spacial score (nSPS) is 16.6. The van der Waals surface area contributed by atoms with E-state index in [-0.39, 0.29) is 5.91 Å². The lowest BCUT2D eigenvalue weighted by Gasteiger charge is -2.33. The fraction of sp³-hybridized carbons (Fsp3) is 0.500. The smallest absolute Gasteiger partial charge is 0.234 e. The molecule has 0 spiro atoms. The van der Waals surface area contributed by atoms with Gasteiger partial charge in [0.15, 0.2) is 5.76 Å². The number of carbonyl (C=O) groups is 1. The quantitative estimate of drug-likeness (QED) is 0.857. The maximum absolute atomic E-state index is 12.0. The van der Waals surface area contributed by atoms with Crippen molar-refractivity contribution in [2.75, 3.05) is 32.7 Å². The van der Waals surface area contributed by atoms with Crippen molar-refractivity contribution in [1.82, 2.24) is 20.3 Å². The number of amides is 1. The van der Waals surface area contributed by atoms with E-state index >= 15 is 0 Å². The molecule has 1 amide bonds. The van der Waals surface area contributed by atoms with Crippen molar-refractivity contribution in [2.45, 2.75) is 20.0 Å². The van der Waals surface area contributed by atoms with Crippen LogP contribution in [0.4, 0.5) is 0 Å². The Kier molecular flexibility index (Phi) is 5.09. The zero-order valence-electron chi connectivity index (χ0n) is 13.3. The van der Waals surface area contributed by atoms with Crippen molar-refractivity contribution < 1.29 is 13.7 Å². The van der Waals surface area contributed by atoms with Gasteiger partial charge in [-0.3, -0.25) is 14.6 Å². The van der Waals surface area contributed by atoms with Gasteiger partial charge in [-0.2, -0.15) is 0 Å². The zero-order valence-corrected chi connectivity index (χ0v) is 13.3. The Labute approximate surface area is 135 Å². The van der Waals surface area contributed by atoms with Gasteiger partial charge in [0.2, 0.25) is 5.91 Å². The molecule has 7 nitrogen and oxygen atoms in total. The molecule has 1 saturated heterocycles. The van der Waals surface area contributed by atoms with Gasteiger partial charge in [0.25, 0.3) is 0 Å². The molecule has 1 fully saturated rings. The molecule has 3 heterocycles. The highest BCUT2D eigenvalue weighted by Gasteiger charge is 2.20. The minimum Gasteiger partial charge on any atom is -0.467 e. The van der Waals surface area contributed by atoms with Crippen LogP contribution in [0.2, 0.25) is 0 Å². The largest absolute Gasteiger partial charge is 0.467 e. The van der Waals surface area contributed by atoms with Crippen LogP contribution in [-0.4, -0.2) is 53.6 Å². The molecule has 0 radical (unpaired) electrons. The number of hydrogen-bond acceptors (Lipinski definition) is 6. The van der Waals surface area contributed by atoms with Gasteiger partial charge in [0.1, 0.15) is 5.76 Å². The summed E-state index contributed by atoms with van der Waals surface area (Å²) in [5.74, 6) is 1.69. The predicted octanol–water partition coefficient (Wildman–Crippen LogP) is 1.01. The Hall–Kier alpha value is -2.12. The van der Waals surface area contributed by atoms with Crippen molar-refractivity contribution in [3.63, 3.8) is 0 Å². The Balaban J connectivity index is 1.36. The third kappa shape index (κ3) is 4.67. The lowest BCUT2D eigenvalue weighted by Crippen LogP contribution is -2.49. The molecule has 2 aromatic heterocycles. The van der Waals surface area contributed by atoms with Crippen molar-refractivity contribution >= 4 is 5.91 Å². The summed E-state index contributed by atoms with van der Waals surface area (Å²) in [5, 5.41) is 6.78. The molecule has 1 N–H and O–H groups in total. The first-order valence-corrected chi connectivity index (χ1v) is 7.85. The van der Waals surface area contributed by atoms with Crippen LogP contribution >= 0.6 is 0 Å². The van der Waals surface area contributed by atoms with E-state index in [1.807, 2.05) is 25.1 Å². The SMILES string of the molecule is Cc1cc(CN2CCN(CC(=O)NCc3ccco3)CC2)on1. The lowest BCUT2D eigenvalue weighted by molar-refractivity contribution is -0.122. The second kappa shape index (κ2) is 7.43. The molecule has 0 aliphatic carbocycles. The Morgan fingerprint density at radius 1 is 1.26 bits per heavy atom. The van der Waals surface area contributed by atoms with Crippen molar-refractivity contribution in [3.8, 4) is 0 Å². The second-order valence-corrected chi connectivity index (χ2v) is 5.84. The summed E-state index contributed by atoms with van der Waals surface area (Å²) in [6.45, 7) is 7.16. The molecule has 1 aliphatic heterocycles. The Morgan fingerprint density at radius 3 is 2.70 bits per heavy atom. The van der Waals surface area contributed by atoms with Gasteiger partial charge < -0.3 is 14.3 Å². The number of rotatable bonds is 6. The van der Waals surface area contributed by atoms with Crippen LogP contribution in [0.25, 0.3) is 0 Å². The number of nitrogens with one attached hydrogen (secondary N) is 1. The minimum absolute atomic E-state index is 0.0284. The molecule has 0 unspecified atom stereocenters. The molecule has 0 bridgehead atoms. The summed E-state index contributed by atoms with van der Waals surface area (Å²) < 4.78 is 10.4. The van der Waals surface area contributed by atoms with Crippen molar-refractivity contribution in [1.29, 1.82) is 0 Å². The zero-order chi connectivity index (χ0) is 16.1. The van der Waals surface area contributed by atoms with Crippen LogP contribution in [0.3, 0.4) is 0 Å². The number of furan rings is 1. The van der Waals surface area contributed by atoms with E-state index in [0.717, 1.165) is 49.9 Å². The monoisotopic (exact) mass is 318 g/mol. The topological polar surface area (TPSA) is 74.8 Å². The molecule has 0 saturated carbocycles. The predicted molar refractivity (Wildman–Crippen MR) is 83.5 cm³/mol. The van der Waals surface area contributed by atoms with Crippen LogP contribution in [0.15, 0.2) is 33.4 Å². The van der Waals surface area contributed by atoms with E-state index < -0.39 is 0 Å². The third-order valence-electron chi connectivity index (χ3n) is 3.93. The van der Waals surface area contributed by atoms with Crippen molar-refractivity contribution in [3.05, 3.63) is 41.7 Å². The lowest BCUT2D eigenvalue weighted by atomic mass is 10.3. The van der Waals surface area contributed by atoms with E-state index in [2.05, 4.69) is 20.3 Å². The number of nitrogens with zero attached hydrogens (tertiary/aromatic N) is 3. The molecule has 3 rings (SSSR count). The summed E-state index contributed by atoms with van der Waals surface area (Å²) in [6.07, 6.45) is 1.61. The standard InChI is InChI=1S/C16H22N4O3/c1-13-9-15(23-18-13)11-19-4-6-20(7-5-19)12-16(21)17-10-14-3-2-8-22-14/h2-3,8-9H,4-7,10-12H2,1H3,(H,17,21). The number of hydrogen-bond donors (Lipinski definition) is 1. The van der Waals surface area contributed by atoms with Gasteiger partial charge >= 0.3 is 0 Å². The third-order valence-corrected chi connectivity index (χ3v) is 3.93. The molecule has 124 valence electrons. The summed E-state index contributed by atoms with van der Waals surface area (Å²) in [6, 6.07) is 5.63. The maximum Gasteiger partial charge on any atom is 0.234 e. The molecule has 23 heavy (non-hydrogen) atoms. The van der Waals surface area contributed by atoms with Gasteiger partial charge in [-0.25, -0.2) is 0 Å². The van der Waals surface area contributed by atoms with Gasteiger partial charge in [0, 0.05) is 32.2 Å². The average molecular weight is 318 g/mol. The number of aryl methyl sites for hydroxylation is 1. The second-order valence-electron chi connectivity index (χ2n) is 5.84. The first-order chi connectivity index (χ1) is 11.2. The van der Waals surface area contributed by atoms with E-state index in [9.17, 15) is 4.79 Å². The molecule has 0 aromatic carbocycles. The molecule has 0 atom stereocenters. The van der Waals surface area contributed by atoms with Gasteiger partial charge in [0.05, 0.1) is 31.6 Å². The van der Waals surface area contributed by atoms with Crippen LogP contribution in [0.1, 0.15) is 17.2 Å². The van der Waals surface area contributed by atoms with Crippen LogP contribution in [0.5, 0.6) is 0 Å². The molecule has 7 heteroatoms.